The van der Waals surface area contributed by atoms with Crippen LogP contribution in [0.25, 0.3) is 0 Å². The highest BCUT2D eigenvalue weighted by atomic mass is 16.7. The number of urea groups is 1. The molecule has 9 heteroatoms. The summed E-state index contributed by atoms with van der Waals surface area (Å²) in [4.78, 5) is 26.6. The Balaban J connectivity index is 1.39. The van der Waals surface area contributed by atoms with Gasteiger partial charge in [0.15, 0.2) is 6.29 Å². The molecule has 0 spiro atoms. The number of hydrogen-bond donors (Lipinski definition) is 3. The van der Waals surface area contributed by atoms with Gasteiger partial charge in [-0.2, -0.15) is 0 Å². The second-order valence-electron chi connectivity index (χ2n) is 11.7. The fourth-order valence-electron chi connectivity index (χ4n) is 5.75. The number of aliphatic hydroxyl groups is 1. The van der Waals surface area contributed by atoms with Crippen molar-refractivity contribution in [1.82, 2.24) is 10.2 Å². The Bertz CT molecular complexity index is 1530. The smallest absolute Gasteiger partial charge is 0.325 e. The first-order valence-corrected chi connectivity index (χ1v) is 16.0. The fraction of sp³-hybridized carbons (Fsp3) is 0.316. The molecule has 0 bridgehead atoms. The third-order valence-electron chi connectivity index (χ3n) is 8.17. The molecule has 1 heterocycles. The van der Waals surface area contributed by atoms with Crippen molar-refractivity contribution in [3.8, 4) is 0 Å². The summed E-state index contributed by atoms with van der Waals surface area (Å²) < 4.78 is 18.3. The molecule has 246 valence electrons. The normalized spacial score (nSPS) is 19.2. The standard InChI is InChI=1S/C38H43N3O6/c1-3-45-35(43)22-39-38(44)40-33-16-10-15-32(21-33)37-46-34(27(2)36(47-37)31-19-17-30(26-42)18-20-31)25-41(23-28-11-6-4-7-12-28)24-29-13-8-5-9-14-29/h4-21,27,34,36-37,42H,3,22-26H2,1-2H3,(H2,39,40,44). The maximum Gasteiger partial charge on any atom is 0.325 e. The van der Waals surface area contributed by atoms with E-state index in [0.29, 0.717) is 12.2 Å². The van der Waals surface area contributed by atoms with E-state index >= 15 is 0 Å². The molecule has 0 aromatic heterocycles. The van der Waals surface area contributed by atoms with Gasteiger partial charge in [0.25, 0.3) is 0 Å². The molecule has 1 fully saturated rings. The number of benzene rings is 4. The predicted molar refractivity (Wildman–Crippen MR) is 180 cm³/mol. The summed E-state index contributed by atoms with van der Waals surface area (Å²) in [6, 6.07) is 35.5. The average molecular weight is 638 g/mol. The summed E-state index contributed by atoms with van der Waals surface area (Å²) >= 11 is 0. The van der Waals surface area contributed by atoms with Crippen LogP contribution >= 0.6 is 0 Å². The molecule has 1 aliphatic rings. The Morgan fingerprint density at radius 3 is 2.09 bits per heavy atom. The van der Waals surface area contributed by atoms with Crippen LogP contribution in [0.1, 0.15) is 54.1 Å². The van der Waals surface area contributed by atoms with Gasteiger partial charge in [0, 0.05) is 36.8 Å². The van der Waals surface area contributed by atoms with Crippen molar-refractivity contribution < 1.29 is 28.9 Å². The van der Waals surface area contributed by atoms with Crippen LogP contribution in [0.4, 0.5) is 10.5 Å². The van der Waals surface area contributed by atoms with E-state index in [9.17, 15) is 14.7 Å². The molecule has 4 unspecified atom stereocenters. The SMILES string of the molecule is CCOC(=O)CNC(=O)Nc1cccc(C2OC(CN(Cc3ccccc3)Cc3ccccc3)C(C)C(c3ccc(CO)cc3)O2)c1. The van der Waals surface area contributed by atoms with Crippen LogP contribution in [-0.4, -0.2) is 47.8 Å². The largest absolute Gasteiger partial charge is 0.465 e. The zero-order valence-corrected chi connectivity index (χ0v) is 26.9. The summed E-state index contributed by atoms with van der Waals surface area (Å²) in [6.45, 7) is 6.01. The lowest BCUT2D eigenvalue weighted by Crippen LogP contribution is -2.44. The Morgan fingerprint density at radius 2 is 1.47 bits per heavy atom. The molecule has 0 aliphatic carbocycles. The molecule has 9 nitrogen and oxygen atoms in total. The monoisotopic (exact) mass is 637 g/mol. The van der Waals surface area contributed by atoms with Crippen molar-refractivity contribution >= 4 is 17.7 Å². The van der Waals surface area contributed by atoms with Crippen molar-refractivity contribution in [2.45, 2.75) is 52.0 Å². The maximum absolute atomic E-state index is 12.5. The van der Waals surface area contributed by atoms with E-state index < -0.39 is 18.3 Å². The van der Waals surface area contributed by atoms with E-state index in [-0.39, 0.29) is 37.9 Å². The van der Waals surface area contributed by atoms with Gasteiger partial charge in [-0.3, -0.25) is 9.69 Å². The van der Waals surface area contributed by atoms with Crippen LogP contribution in [0, 0.1) is 5.92 Å². The first-order chi connectivity index (χ1) is 22.9. The van der Waals surface area contributed by atoms with Crippen molar-refractivity contribution in [3.05, 3.63) is 137 Å². The zero-order valence-electron chi connectivity index (χ0n) is 26.9. The number of aliphatic hydroxyl groups excluding tert-OH is 1. The lowest BCUT2D eigenvalue weighted by atomic mass is 9.89. The maximum atomic E-state index is 12.5. The van der Waals surface area contributed by atoms with Gasteiger partial charge in [-0.1, -0.05) is 104 Å². The van der Waals surface area contributed by atoms with Crippen LogP contribution in [0.15, 0.2) is 109 Å². The molecule has 4 atom stereocenters. The molecule has 4 aromatic carbocycles. The highest BCUT2D eigenvalue weighted by molar-refractivity contribution is 5.91. The van der Waals surface area contributed by atoms with Gasteiger partial charge >= 0.3 is 12.0 Å². The number of hydrogen-bond acceptors (Lipinski definition) is 7. The van der Waals surface area contributed by atoms with E-state index in [1.165, 1.54) is 11.1 Å². The molecule has 1 aliphatic heterocycles. The first-order valence-electron chi connectivity index (χ1n) is 16.0. The Kier molecular flexibility index (Phi) is 12.1. The van der Waals surface area contributed by atoms with Gasteiger partial charge in [0.05, 0.1) is 25.4 Å². The number of anilines is 1. The van der Waals surface area contributed by atoms with Gasteiger partial charge in [0.2, 0.25) is 0 Å². The number of nitrogens with zero attached hydrogens (tertiary/aromatic N) is 1. The molecule has 3 N–H and O–H groups in total. The minimum Gasteiger partial charge on any atom is -0.465 e. The van der Waals surface area contributed by atoms with Gasteiger partial charge in [-0.25, -0.2) is 4.79 Å². The molecule has 1 saturated heterocycles. The number of amides is 2. The third kappa shape index (κ3) is 9.73. The second-order valence-corrected chi connectivity index (χ2v) is 11.7. The quantitative estimate of drug-likeness (QED) is 0.147. The predicted octanol–water partition coefficient (Wildman–Crippen LogP) is 6.36. The number of esters is 1. The third-order valence-corrected chi connectivity index (χ3v) is 8.17. The summed E-state index contributed by atoms with van der Waals surface area (Å²) in [7, 11) is 0. The van der Waals surface area contributed by atoms with Crippen LogP contribution < -0.4 is 10.6 Å². The van der Waals surface area contributed by atoms with Crippen LogP contribution in [0.2, 0.25) is 0 Å². The van der Waals surface area contributed by atoms with Crippen LogP contribution in [0.5, 0.6) is 0 Å². The zero-order chi connectivity index (χ0) is 33.0. The minimum atomic E-state index is -0.710. The number of carbonyl (C=O) groups excluding carboxylic acids is 2. The summed E-state index contributed by atoms with van der Waals surface area (Å²) in [6.07, 6.45) is -1.20. The van der Waals surface area contributed by atoms with Crippen LogP contribution in [0.3, 0.4) is 0 Å². The molecule has 47 heavy (non-hydrogen) atoms. The summed E-state index contributed by atoms with van der Waals surface area (Å²) in [5, 5.41) is 14.9. The number of carbonyl (C=O) groups is 2. The van der Waals surface area contributed by atoms with Gasteiger partial charge in [0.1, 0.15) is 6.54 Å². The number of ether oxygens (including phenoxy) is 3. The molecular formula is C38H43N3O6. The minimum absolute atomic E-state index is 0.00441. The van der Waals surface area contributed by atoms with Crippen molar-refractivity contribution in [3.63, 3.8) is 0 Å². The van der Waals surface area contributed by atoms with Crippen LogP contribution in [-0.2, 0) is 38.7 Å². The van der Waals surface area contributed by atoms with Crippen molar-refractivity contribution in [2.24, 2.45) is 5.92 Å². The highest BCUT2D eigenvalue weighted by Gasteiger charge is 2.39. The Hall–Kier alpha value is -4.54. The van der Waals surface area contributed by atoms with Gasteiger partial charge < -0.3 is 30.0 Å². The topological polar surface area (TPSA) is 109 Å². The highest BCUT2D eigenvalue weighted by Crippen LogP contribution is 2.42. The number of rotatable bonds is 13. The lowest BCUT2D eigenvalue weighted by Gasteiger charge is -2.43. The lowest BCUT2D eigenvalue weighted by molar-refractivity contribution is -0.276. The van der Waals surface area contributed by atoms with Gasteiger partial charge in [-0.05, 0) is 41.3 Å². The van der Waals surface area contributed by atoms with E-state index in [0.717, 1.165) is 29.8 Å². The molecule has 5 rings (SSSR count). The van der Waals surface area contributed by atoms with E-state index in [2.05, 4.69) is 71.0 Å². The molecule has 2 amide bonds. The average Bonchev–Trinajstić information content (AvgIpc) is 3.09. The Morgan fingerprint density at radius 1 is 0.809 bits per heavy atom. The first kappa shape index (κ1) is 33.8. The van der Waals surface area contributed by atoms with Gasteiger partial charge in [-0.15, -0.1) is 0 Å². The molecule has 0 saturated carbocycles. The molecule has 0 radical (unpaired) electrons. The van der Waals surface area contributed by atoms with Crippen molar-refractivity contribution in [2.75, 3.05) is 25.0 Å². The van der Waals surface area contributed by atoms with E-state index in [4.69, 9.17) is 14.2 Å². The Labute approximate surface area is 276 Å². The van der Waals surface area contributed by atoms with E-state index in [1.54, 1.807) is 13.0 Å². The molecular weight excluding hydrogens is 594 g/mol. The summed E-state index contributed by atoms with van der Waals surface area (Å²) in [5.74, 6) is -0.512. The summed E-state index contributed by atoms with van der Waals surface area (Å²) in [5.41, 5.74) is 5.55. The fourth-order valence-corrected chi connectivity index (χ4v) is 5.75. The van der Waals surface area contributed by atoms with Crippen molar-refractivity contribution in [1.29, 1.82) is 0 Å². The number of nitrogens with one attached hydrogen (secondary N) is 2. The second kappa shape index (κ2) is 16.9. The molecule has 4 aromatic rings. The van der Waals surface area contributed by atoms with E-state index in [1.807, 2.05) is 54.6 Å².